The fourth-order valence-corrected chi connectivity index (χ4v) is 2.40. The van der Waals surface area contributed by atoms with E-state index in [0.717, 1.165) is 6.42 Å². The lowest BCUT2D eigenvalue weighted by molar-refractivity contribution is -0.141. The summed E-state index contributed by atoms with van der Waals surface area (Å²) in [5, 5.41) is 3.09. The first kappa shape index (κ1) is 14.3. The van der Waals surface area contributed by atoms with E-state index in [1.54, 1.807) is 30.3 Å². The first-order valence-corrected chi connectivity index (χ1v) is 6.45. The second-order valence-electron chi connectivity index (χ2n) is 4.92. The van der Waals surface area contributed by atoms with Crippen molar-refractivity contribution in [1.29, 1.82) is 0 Å². The van der Waals surface area contributed by atoms with Gasteiger partial charge in [-0.25, -0.2) is 0 Å². The van der Waals surface area contributed by atoms with Crippen LogP contribution < -0.4 is 5.32 Å². The number of rotatable bonds is 4. The van der Waals surface area contributed by atoms with Gasteiger partial charge in [-0.2, -0.15) is 13.2 Å². The molecule has 0 bridgehead atoms. The van der Waals surface area contributed by atoms with Gasteiger partial charge in [0.2, 0.25) is 0 Å². The minimum Gasteiger partial charge on any atom is -0.377 e. The Balaban J connectivity index is 2.10. The van der Waals surface area contributed by atoms with Gasteiger partial charge in [0.15, 0.2) is 0 Å². The number of nitrogens with one attached hydrogen (secondary N) is 1. The van der Waals surface area contributed by atoms with Gasteiger partial charge < -0.3 is 10.1 Å². The van der Waals surface area contributed by atoms with Crippen LogP contribution >= 0.6 is 0 Å². The highest BCUT2D eigenvalue weighted by Crippen LogP contribution is 2.31. The van der Waals surface area contributed by atoms with Crippen LogP contribution in [0.25, 0.3) is 0 Å². The van der Waals surface area contributed by atoms with Crippen molar-refractivity contribution in [3.63, 3.8) is 0 Å². The van der Waals surface area contributed by atoms with Gasteiger partial charge in [0.05, 0.1) is 12.5 Å². The van der Waals surface area contributed by atoms with Gasteiger partial charge in [-0.05, 0) is 18.9 Å². The fraction of sp³-hybridized carbons (Fsp3) is 0.571. The van der Waals surface area contributed by atoms with Crippen molar-refractivity contribution in [2.24, 2.45) is 0 Å². The second-order valence-corrected chi connectivity index (χ2v) is 4.92. The van der Waals surface area contributed by atoms with E-state index in [1.807, 2.05) is 6.92 Å². The molecule has 19 heavy (non-hydrogen) atoms. The highest BCUT2D eigenvalue weighted by molar-refractivity contribution is 5.19. The minimum absolute atomic E-state index is 0.0208. The lowest BCUT2D eigenvalue weighted by Crippen LogP contribution is -2.39. The Labute approximate surface area is 111 Å². The highest BCUT2D eigenvalue weighted by Gasteiger charge is 2.35. The topological polar surface area (TPSA) is 21.3 Å². The average molecular weight is 273 g/mol. The Morgan fingerprint density at radius 3 is 2.53 bits per heavy atom. The quantitative estimate of drug-likeness (QED) is 0.907. The van der Waals surface area contributed by atoms with Gasteiger partial charge in [-0.15, -0.1) is 0 Å². The van der Waals surface area contributed by atoms with Crippen LogP contribution in [0.5, 0.6) is 0 Å². The Morgan fingerprint density at radius 1 is 1.32 bits per heavy atom. The summed E-state index contributed by atoms with van der Waals surface area (Å²) in [5.74, 6) is 0. The van der Waals surface area contributed by atoms with Gasteiger partial charge in [0, 0.05) is 18.7 Å². The number of benzene rings is 1. The number of halogens is 3. The predicted molar refractivity (Wildman–Crippen MR) is 66.8 cm³/mol. The maximum absolute atomic E-state index is 12.7. The van der Waals surface area contributed by atoms with Crippen LogP contribution in [-0.4, -0.2) is 24.9 Å². The molecule has 0 amide bonds. The van der Waals surface area contributed by atoms with Crippen molar-refractivity contribution in [3.05, 3.63) is 35.9 Å². The molecule has 1 aromatic carbocycles. The number of alkyl halides is 3. The molecule has 0 radical (unpaired) electrons. The van der Waals surface area contributed by atoms with Gasteiger partial charge in [-0.3, -0.25) is 0 Å². The zero-order valence-corrected chi connectivity index (χ0v) is 10.8. The second kappa shape index (κ2) is 5.92. The van der Waals surface area contributed by atoms with Gasteiger partial charge >= 0.3 is 6.18 Å². The molecule has 1 aromatic rings. The van der Waals surface area contributed by atoms with E-state index in [9.17, 15) is 13.2 Å². The Morgan fingerprint density at radius 2 is 2.00 bits per heavy atom. The van der Waals surface area contributed by atoms with Crippen molar-refractivity contribution in [2.45, 2.75) is 44.1 Å². The average Bonchev–Trinajstić information content (AvgIpc) is 2.74. The Hall–Kier alpha value is -1.07. The maximum atomic E-state index is 12.7. The molecule has 2 nitrogen and oxygen atoms in total. The molecule has 1 N–H and O–H groups in total. The smallest absolute Gasteiger partial charge is 0.377 e. The molecule has 3 unspecified atom stereocenters. The molecule has 1 fully saturated rings. The van der Waals surface area contributed by atoms with Crippen molar-refractivity contribution in [1.82, 2.24) is 5.32 Å². The third kappa shape index (κ3) is 4.21. The van der Waals surface area contributed by atoms with Crippen molar-refractivity contribution >= 4 is 0 Å². The van der Waals surface area contributed by atoms with Crippen LogP contribution in [0.2, 0.25) is 0 Å². The molecule has 0 aliphatic carbocycles. The molecule has 3 atom stereocenters. The lowest BCUT2D eigenvalue weighted by Gasteiger charge is -2.26. The summed E-state index contributed by atoms with van der Waals surface area (Å²) < 4.78 is 43.5. The van der Waals surface area contributed by atoms with Gasteiger partial charge in [-0.1, -0.05) is 30.3 Å². The summed E-state index contributed by atoms with van der Waals surface area (Å²) in [6, 6.07) is 8.04. The molecular formula is C14H18F3NO. The summed E-state index contributed by atoms with van der Waals surface area (Å²) in [7, 11) is 0. The molecule has 106 valence electrons. The summed E-state index contributed by atoms with van der Waals surface area (Å²) in [6.07, 6.45) is -4.34. The number of ether oxygens (including phenoxy) is 1. The van der Waals surface area contributed by atoms with Crippen LogP contribution in [0.1, 0.15) is 31.4 Å². The summed E-state index contributed by atoms with van der Waals surface area (Å²) >= 11 is 0. The van der Waals surface area contributed by atoms with Crippen LogP contribution in [0.15, 0.2) is 30.3 Å². The first-order valence-electron chi connectivity index (χ1n) is 6.45. The summed E-state index contributed by atoms with van der Waals surface area (Å²) in [4.78, 5) is 0. The Kier molecular flexibility index (Phi) is 4.47. The normalized spacial score (nSPS) is 25.5. The van der Waals surface area contributed by atoms with Crippen molar-refractivity contribution in [2.75, 3.05) is 6.61 Å². The SMILES string of the molecule is CC1OCCC1NC(CC(F)(F)F)c1ccccc1. The molecule has 5 heteroatoms. The summed E-state index contributed by atoms with van der Waals surface area (Å²) in [5.41, 5.74) is 0.666. The van der Waals surface area contributed by atoms with Crippen LogP contribution in [0.4, 0.5) is 13.2 Å². The zero-order valence-electron chi connectivity index (χ0n) is 10.8. The fourth-order valence-electron chi connectivity index (χ4n) is 2.40. The lowest BCUT2D eigenvalue weighted by atomic mass is 10.0. The minimum atomic E-state index is -4.18. The third-order valence-corrected chi connectivity index (χ3v) is 3.43. The molecule has 2 rings (SSSR count). The van der Waals surface area contributed by atoms with E-state index in [0.29, 0.717) is 12.2 Å². The number of hydrogen-bond acceptors (Lipinski definition) is 2. The molecule has 0 aromatic heterocycles. The maximum Gasteiger partial charge on any atom is 0.390 e. The van der Waals surface area contributed by atoms with Crippen LogP contribution in [0, 0.1) is 0 Å². The zero-order chi connectivity index (χ0) is 13.9. The van der Waals surface area contributed by atoms with E-state index in [4.69, 9.17) is 4.74 Å². The standard InChI is InChI=1S/C14H18F3NO/c1-10-12(7-8-19-10)18-13(9-14(15,16)17)11-5-3-2-4-6-11/h2-6,10,12-13,18H,7-9H2,1H3. The first-order chi connectivity index (χ1) is 8.96. The molecule has 0 spiro atoms. The molecule has 1 heterocycles. The van der Waals surface area contributed by atoms with Crippen molar-refractivity contribution < 1.29 is 17.9 Å². The van der Waals surface area contributed by atoms with E-state index < -0.39 is 18.6 Å². The number of hydrogen-bond donors (Lipinski definition) is 1. The monoisotopic (exact) mass is 273 g/mol. The van der Waals surface area contributed by atoms with Crippen molar-refractivity contribution in [3.8, 4) is 0 Å². The molecule has 1 aliphatic rings. The van der Waals surface area contributed by atoms with Crippen LogP contribution in [-0.2, 0) is 4.74 Å². The van der Waals surface area contributed by atoms with Crippen LogP contribution in [0.3, 0.4) is 0 Å². The molecular weight excluding hydrogens is 255 g/mol. The van der Waals surface area contributed by atoms with E-state index in [-0.39, 0.29) is 12.1 Å². The van der Waals surface area contributed by atoms with E-state index in [2.05, 4.69) is 5.32 Å². The molecule has 1 aliphatic heterocycles. The highest BCUT2D eigenvalue weighted by atomic mass is 19.4. The largest absolute Gasteiger partial charge is 0.390 e. The molecule has 0 saturated carbocycles. The van der Waals surface area contributed by atoms with Gasteiger partial charge in [0.25, 0.3) is 0 Å². The predicted octanol–water partition coefficient (Wildman–Crippen LogP) is 3.45. The van der Waals surface area contributed by atoms with E-state index in [1.165, 1.54) is 0 Å². The molecule has 1 saturated heterocycles. The van der Waals surface area contributed by atoms with E-state index >= 15 is 0 Å². The van der Waals surface area contributed by atoms with Gasteiger partial charge in [0.1, 0.15) is 0 Å². The summed E-state index contributed by atoms with van der Waals surface area (Å²) in [6.45, 7) is 2.49. The third-order valence-electron chi connectivity index (χ3n) is 3.43. The Bertz CT molecular complexity index is 393.